The number of nitrogens with one attached hydrogen (secondary N) is 1. The molecular weight excluding hydrogens is 297 g/mol. The van der Waals surface area contributed by atoms with Gasteiger partial charge in [-0.3, -0.25) is 9.78 Å². The maximum atomic E-state index is 13.7. The van der Waals surface area contributed by atoms with Gasteiger partial charge in [-0.2, -0.15) is 5.10 Å². The molecule has 0 atom stereocenters. The van der Waals surface area contributed by atoms with Crippen molar-refractivity contribution in [1.82, 2.24) is 10.4 Å². The van der Waals surface area contributed by atoms with Gasteiger partial charge < -0.3 is 4.42 Å². The van der Waals surface area contributed by atoms with E-state index in [0.29, 0.717) is 22.6 Å². The lowest BCUT2D eigenvalue weighted by Gasteiger charge is -1.98. The standard InChI is InChI=1S/C17H12FN3O2/c18-15-6-2-1-5-14(15)16-8-7-13(23-16)11-20-21-17(22)12-4-3-9-19-10-12/h1-11H,(H,21,22)/b20-11-. The van der Waals surface area contributed by atoms with Crippen molar-refractivity contribution in [3.8, 4) is 11.3 Å². The van der Waals surface area contributed by atoms with Crippen LogP contribution >= 0.6 is 0 Å². The molecule has 1 aromatic carbocycles. The first kappa shape index (κ1) is 14.6. The van der Waals surface area contributed by atoms with Gasteiger partial charge in [0.2, 0.25) is 0 Å². The first-order chi connectivity index (χ1) is 11.2. The zero-order chi connectivity index (χ0) is 16.1. The van der Waals surface area contributed by atoms with Gasteiger partial charge in [-0.05, 0) is 36.4 Å². The molecule has 1 N–H and O–H groups in total. The van der Waals surface area contributed by atoms with E-state index in [1.165, 1.54) is 18.5 Å². The summed E-state index contributed by atoms with van der Waals surface area (Å²) in [4.78, 5) is 15.6. The van der Waals surface area contributed by atoms with Crippen molar-refractivity contribution in [2.45, 2.75) is 0 Å². The molecule has 0 bridgehead atoms. The highest BCUT2D eigenvalue weighted by atomic mass is 19.1. The van der Waals surface area contributed by atoms with Gasteiger partial charge in [0, 0.05) is 12.4 Å². The molecule has 0 radical (unpaired) electrons. The van der Waals surface area contributed by atoms with Crippen molar-refractivity contribution in [2.75, 3.05) is 0 Å². The van der Waals surface area contributed by atoms with E-state index in [1.54, 1.807) is 48.7 Å². The Bertz CT molecular complexity index is 844. The Balaban J connectivity index is 1.68. The number of hydrazone groups is 1. The van der Waals surface area contributed by atoms with Gasteiger partial charge in [0.05, 0.1) is 17.3 Å². The molecule has 114 valence electrons. The van der Waals surface area contributed by atoms with Crippen molar-refractivity contribution in [2.24, 2.45) is 5.10 Å². The average Bonchev–Trinajstić information content (AvgIpc) is 3.04. The van der Waals surface area contributed by atoms with Gasteiger partial charge in [0.1, 0.15) is 17.3 Å². The Morgan fingerprint density at radius 2 is 2.04 bits per heavy atom. The molecule has 5 nitrogen and oxygen atoms in total. The third kappa shape index (κ3) is 3.49. The van der Waals surface area contributed by atoms with Crippen LogP contribution in [0.15, 0.2) is 70.4 Å². The third-order valence-corrected chi connectivity index (χ3v) is 3.05. The van der Waals surface area contributed by atoms with Crippen LogP contribution in [0.2, 0.25) is 0 Å². The Morgan fingerprint density at radius 1 is 1.17 bits per heavy atom. The molecule has 6 heteroatoms. The lowest BCUT2D eigenvalue weighted by atomic mass is 10.1. The lowest BCUT2D eigenvalue weighted by molar-refractivity contribution is 0.0955. The number of hydrogen-bond donors (Lipinski definition) is 1. The monoisotopic (exact) mass is 309 g/mol. The fourth-order valence-electron chi connectivity index (χ4n) is 1.94. The Labute approximate surface area is 131 Å². The summed E-state index contributed by atoms with van der Waals surface area (Å²) in [6, 6.07) is 12.9. The number of benzene rings is 1. The predicted octanol–water partition coefficient (Wildman–Crippen LogP) is 3.24. The van der Waals surface area contributed by atoms with E-state index in [4.69, 9.17) is 4.42 Å². The van der Waals surface area contributed by atoms with Gasteiger partial charge in [0.25, 0.3) is 5.91 Å². The van der Waals surface area contributed by atoms with Gasteiger partial charge in [-0.25, -0.2) is 9.82 Å². The maximum Gasteiger partial charge on any atom is 0.272 e. The van der Waals surface area contributed by atoms with Crippen LogP contribution in [0.4, 0.5) is 4.39 Å². The van der Waals surface area contributed by atoms with Crippen LogP contribution in [-0.2, 0) is 0 Å². The topological polar surface area (TPSA) is 67.5 Å². The normalized spacial score (nSPS) is 10.8. The van der Waals surface area contributed by atoms with Crippen molar-refractivity contribution in [1.29, 1.82) is 0 Å². The molecule has 0 saturated carbocycles. The molecular formula is C17H12FN3O2. The number of pyridine rings is 1. The summed E-state index contributed by atoms with van der Waals surface area (Å²) in [7, 11) is 0. The summed E-state index contributed by atoms with van der Waals surface area (Å²) in [6.07, 6.45) is 4.36. The molecule has 23 heavy (non-hydrogen) atoms. The van der Waals surface area contributed by atoms with Crippen LogP contribution < -0.4 is 5.43 Å². The highest BCUT2D eigenvalue weighted by Gasteiger charge is 2.08. The zero-order valence-electron chi connectivity index (χ0n) is 11.9. The Hall–Kier alpha value is -3.28. The molecule has 0 aliphatic carbocycles. The number of carbonyl (C=O) groups is 1. The molecule has 2 heterocycles. The van der Waals surface area contributed by atoms with E-state index in [2.05, 4.69) is 15.5 Å². The van der Waals surface area contributed by atoms with Gasteiger partial charge in [0.15, 0.2) is 0 Å². The van der Waals surface area contributed by atoms with E-state index in [9.17, 15) is 9.18 Å². The van der Waals surface area contributed by atoms with E-state index in [0.717, 1.165) is 0 Å². The number of carbonyl (C=O) groups excluding carboxylic acids is 1. The van der Waals surface area contributed by atoms with Crippen molar-refractivity contribution in [3.05, 3.63) is 78.1 Å². The Morgan fingerprint density at radius 3 is 2.83 bits per heavy atom. The van der Waals surface area contributed by atoms with Gasteiger partial charge in [-0.15, -0.1) is 0 Å². The fraction of sp³-hybridized carbons (Fsp3) is 0. The number of rotatable bonds is 4. The number of furan rings is 1. The predicted molar refractivity (Wildman–Crippen MR) is 83.4 cm³/mol. The summed E-state index contributed by atoms with van der Waals surface area (Å²) in [5.41, 5.74) is 3.13. The summed E-state index contributed by atoms with van der Waals surface area (Å²) in [5, 5.41) is 3.81. The van der Waals surface area contributed by atoms with E-state index in [1.807, 2.05) is 0 Å². The van der Waals surface area contributed by atoms with Crippen LogP contribution in [0.25, 0.3) is 11.3 Å². The largest absolute Gasteiger partial charge is 0.455 e. The zero-order valence-corrected chi connectivity index (χ0v) is 11.9. The van der Waals surface area contributed by atoms with Crippen LogP contribution in [0.1, 0.15) is 16.1 Å². The molecule has 1 amide bonds. The van der Waals surface area contributed by atoms with E-state index >= 15 is 0 Å². The van der Waals surface area contributed by atoms with E-state index < -0.39 is 0 Å². The van der Waals surface area contributed by atoms with Crippen LogP contribution in [0, 0.1) is 5.82 Å². The highest BCUT2D eigenvalue weighted by molar-refractivity contribution is 5.94. The van der Waals surface area contributed by atoms with Crippen molar-refractivity contribution >= 4 is 12.1 Å². The maximum absolute atomic E-state index is 13.7. The summed E-state index contributed by atoms with van der Waals surface area (Å²) < 4.78 is 19.2. The van der Waals surface area contributed by atoms with Gasteiger partial charge in [-0.1, -0.05) is 12.1 Å². The average molecular weight is 309 g/mol. The highest BCUT2D eigenvalue weighted by Crippen LogP contribution is 2.24. The second-order valence-electron chi connectivity index (χ2n) is 4.62. The quantitative estimate of drug-likeness (QED) is 0.594. The van der Waals surface area contributed by atoms with Crippen LogP contribution in [-0.4, -0.2) is 17.1 Å². The molecule has 2 aromatic heterocycles. The van der Waals surface area contributed by atoms with Crippen LogP contribution in [0.5, 0.6) is 0 Å². The minimum absolute atomic E-state index is 0.366. The minimum Gasteiger partial charge on any atom is -0.455 e. The van der Waals surface area contributed by atoms with Crippen LogP contribution in [0.3, 0.4) is 0 Å². The number of aromatic nitrogens is 1. The lowest BCUT2D eigenvalue weighted by Crippen LogP contribution is -2.17. The SMILES string of the molecule is O=C(N/N=C\c1ccc(-c2ccccc2F)o1)c1cccnc1. The summed E-state index contributed by atoms with van der Waals surface area (Å²) in [6.45, 7) is 0. The second-order valence-corrected chi connectivity index (χ2v) is 4.62. The van der Waals surface area contributed by atoms with E-state index in [-0.39, 0.29) is 11.7 Å². The number of hydrogen-bond acceptors (Lipinski definition) is 4. The second kappa shape index (κ2) is 6.65. The molecule has 0 unspecified atom stereocenters. The van der Waals surface area contributed by atoms with Crippen molar-refractivity contribution < 1.29 is 13.6 Å². The number of amides is 1. The molecule has 3 aromatic rings. The molecule has 0 aliphatic rings. The third-order valence-electron chi connectivity index (χ3n) is 3.05. The summed E-state index contributed by atoms with van der Waals surface area (Å²) in [5.74, 6) is 0.0447. The molecule has 3 rings (SSSR count). The molecule has 0 saturated heterocycles. The molecule has 0 fully saturated rings. The Kier molecular flexibility index (Phi) is 4.24. The minimum atomic E-state index is -0.379. The molecule has 0 aliphatic heterocycles. The van der Waals surface area contributed by atoms with Crippen molar-refractivity contribution in [3.63, 3.8) is 0 Å². The van der Waals surface area contributed by atoms with Gasteiger partial charge >= 0.3 is 0 Å². The number of halogens is 1. The first-order valence-electron chi connectivity index (χ1n) is 6.82. The molecule has 0 spiro atoms. The fourth-order valence-corrected chi connectivity index (χ4v) is 1.94. The summed E-state index contributed by atoms with van der Waals surface area (Å²) >= 11 is 0. The number of nitrogens with zero attached hydrogens (tertiary/aromatic N) is 2. The smallest absolute Gasteiger partial charge is 0.272 e. The first-order valence-corrected chi connectivity index (χ1v) is 6.82.